The third-order valence-corrected chi connectivity index (χ3v) is 4.36. The van der Waals surface area contributed by atoms with Crippen LogP contribution in [0.5, 0.6) is 5.75 Å². The van der Waals surface area contributed by atoms with E-state index >= 15 is 0 Å². The minimum absolute atomic E-state index is 0.0768. The van der Waals surface area contributed by atoms with Crippen molar-refractivity contribution in [2.75, 3.05) is 7.11 Å². The molecule has 3 aromatic rings. The number of ether oxygens (including phenoxy) is 1. The maximum absolute atomic E-state index is 13.9. The van der Waals surface area contributed by atoms with Gasteiger partial charge in [0.05, 0.1) is 23.2 Å². The summed E-state index contributed by atoms with van der Waals surface area (Å²) in [4.78, 5) is 17.3. The normalized spacial score (nSPS) is 10.9. The van der Waals surface area contributed by atoms with E-state index in [-0.39, 0.29) is 27.1 Å². The second-order valence-electron chi connectivity index (χ2n) is 5.54. The van der Waals surface area contributed by atoms with Gasteiger partial charge >= 0.3 is 0 Å². The van der Waals surface area contributed by atoms with Crippen LogP contribution in [0.15, 0.2) is 24.4 Å². The van der Waals surface area contributed by atoms with Crippen molar-refractivity contribution in [1.82, 2.24) is 4.98 Å². The minimum Gasteiger partial charge on any atom is -0.497 e. The standard InChI is InChI=1S/C17H7B4ClFNO2/c1-26-6-2-3-7-9(4-6)24-5-8(22)10(7)17(25)11-12(18)14(20)16(23)15(21)13(11)19/h2-5H,1H3. The molecule has 0 N–H and O–H groups in total. The molecule has 0 unspecified atom stereocenters. The molecule has 0 aliphatic rings. The summed E-state index contributed by atoms with van der Waals surface area (Å²) in [6.45, 7) is 0. The number of fused-ring (bicyclic) bond motifs is 1. The lowest BCUT2D eigenvalue weighted by atomic mass is 9.65. The summed E-state index contributed by atoms with van der Waals surface area (Å²) < 4.78 is 19.1. The van der Waals surface area contributed by atoms with E-state index in [1.165, 1.54) is 13.3 Å². The SMILES string of the molecule is [B]c1c([B])c(C(=O)c2c(Cl)cnc3cc(OC)ccc23)c([B])c([B])c1F. The molecular formula is C17H7B4ClFNO2. The molecule has 0 bridgehead atoms. The third kappa shape index (κ3) is 2.82. The molecule has 0 saturated heterocycles. The average Bonchev–Trinajstić information content (AvgIpc) is 2.64. The van der Waals surface area contributed by atoms with E-state index < -0.39 is 22.5 Å². The van der Waals surface area contributed by atoms with Crippen molar-refractivity contribution in [2.45, 2.75) is 0 Å². The molecule has 0 fully saturated rings. The van der Waals surface area contributed by atoms with Crippen LogP contribution in [-0.4, -0.2) is 49.3 Å². The lowest BCUT2D eigenvalue weighted by molar-refractivity contribution is 0.104. The number of carbonyl (C=O) groups is 1. The first-order chi connectivity index (χ1) is 12.3. The van der Waals surface area contributed by atoms with Crippen molar-refractivity contribution >= 4 is 81.5 Å². The zero-order valence-electron chi connectivity index (χ0n) is 13.6. The van der Waals surface area contributed by atoms with Gasteiger partial charge in [-0.2, -0.15) is 0 Å². The highest BCUT2D eigenvalue weighted by Gasteiger charge is 2.23. The second kappa shape index (κ2) is 6.84. The number of rotatable bonds is 3. The van der Waals surface area contributed by atoms with Crippen LogP contribution < -0.4 is 26.6 Å². The number of hydrogen-bond donors (Lipinski definition) is 0. The van der Waals surface area contributed by atoms with Crippen LogP contribution >= 0.6 is 11.6 Å². The van der Waals surface area contributed by atoms with Crippen LogP contribution in [-0.2, 0) is 0 Å². The minimum atomic E-state index is -0.966. The summed E-state index contributed by atoms with van der Waals surface area (Å²) in [6, 6.07) is 4.92. The molecule has 1 heterocycles. The number of hydrogen-bond acceptors (Lipinski definition) is 3. The summed E-state index contributed by atoms with van der Waals surface area (Å²) in [5.41, 5.74) is -1.12. The zero-order chi connectivity index (χ0) is 19.2. The van der Waals surface area contributed by atoms with Gasteiger partial charge in [0.2, 0.25) is 0 Å². The highest BCUT2D eigenvalue weighted by Crippen LogP contribution is 2.28. The quantitative estimate of drug-likeness (QED) is 0.467. The van der Waals surface area contributed by atoms with E-state index in [2.05, 4.69) is 4.98 Å². The van der Waals surface area contributed by atoms with Gasteiger partial charge in [-0.05, 0) is 12.1 Å². The monoisotopic (exact) mass is 355 g/mol. The highest BCUT2D eigenvalue weighted by atomic mass is 35.5. The predicted octanol–water partition coefficient (Wildman–Crippen LogP) is -0.558. The molecule has 0 saturated carbocycles. The molecule has 1 aromatic heterocycles. The Bertz CT molecular complexity index is 1050. The first kappa shape index (κ1) is 18.6. The third-order valence-electron chi connectivity index (χ3n) is 4.08. The number of methoxy groups -OCH3 is 1. The molecule has 0 aliphatic carbocycles. The molecule has 0 atom stereocenters. The van der Waals surface area contributed by atoms with Crippen molar-refractivity contribution in [3.05, 3.63) is 46.4 Å². The molecule has 3 nitrogen and oxygen atoms in total. The second-order valence-corrected chi connectivity index (χ2v) is 5.94. The fourth-order valence-electron chi connectivity index (χ4n) is 2.67. The molecule has 0 spiro atoms. The number of nitrogens with zero attached hydrogens (tertiary/aromatic N) is 1. The van der Waals surface area contributed by atoms with Crippen molar-refractivity contribution < 1.29 is 13.9 Å². The lowest BCUT2D eigenvalue weighted by Gasteiger charge is -2.18. The van der Waals surface area contributed by atoms with Gasteiger partial charge in [0.1, 0.15) is 43.0 Å². The van der Waals surface area contributed by atoms with Crippen molar-refractivity contribution in [2.24, 2.45) is 0 Å². The molecule has 9 heteroatoms. The summed E-state index contributed by atoms with van der Waals surface area (Å²) in [5.74, 6) is -1.05. The summed E-state index contributed by atoms with van der Waals surface area (Å²) in [6.07, 6.45) is 1.32. The molecule has 0 amide bonds. The van der Waals surface area contributed by atoms with Crippen LogP contribution in [0.4, 0.5) is 4.39 Å². The van der Waals surface area contributed by atoms with Gasteiger partial charge in [-0.25, -0.2) is 4.39 Å². The van der Waals surface area contributed by atoms with Crippen LogP contribution in [0, 0.1) is 5.82 Å². The Kier molecular flexibility index (Phi) is 4.89. The van der Waals surface area contributed by atoms with E-state index in [0.717, 1.165) is 0 Å². The number of carbonyl (C=O) groups excluding carboxylic acids is 1. The molecular weight excluding hydrogens is 348 g/mol. The Morgan fingerprint density at radius 2 is 1.69 bits per heavy atom. The van der Waals surface area contributed by atoms with E-state index in [9.17, 15) is 9.18 Å². The summed E-state index contributed by atoms with van der Waals surface area (Å²) in [7, 11) is 24.4. The van der Waals surface area contributed by atoms with E-state index in [0.29, 0.717) is 16.7 Å². The fraction of sp³-hybridized carbons (Fsp3) is 0.0588. The Morgan fingerprint density at radius 1 is 1.08 bits per heavy atom. The number of pyridine rings is 1. The first-order valence-corrected chi connectivity index (χ1v) is 7.74. The van der Waals surface area contributed by atoms with E-state index in [1.54, 1.807) is 18.2 Å². The predicted molar refractivity (Wildman–Crippen MR) is 105 cm³/mol. The molecule has 3 rings (SSSR count). The number of ketones is 1. The topological polar surface area (TPSA) is 39.2 Å². The first-order valence-electron chi connectivity index (χ1n) is 7.36. The van der Waals surface area contributed by atoms with Gasteiger partial charge in [-0.3, -0.25) is 9.78 Å². The van der Waals surface area contributed by atoms with Gasteiger partial charge in [-0.15, -0.1) is 0 Å². The van der Waals surface area contributed by atoms with E-state index in [4.69, 9.17) is 47.7 Å². The molecule has 8 radical (unpaired) electrons. The van der Waals surface area contributed by atoms with Gasteiger partial charge in [-0.1, -0.05) is 33.5 Å². The molecule has 26 heavy (non-hydrogen) atoms. The molecule has 0 aliphatic heterocycles. The lowest BCUT2D eigenvalue weighted by Crippen LogP contribution is -2.49. The average molecular weight is 355 g/mol. The van der Waals surface area contributed by atoms with Crippen LogP contribution in [0.25, 0.3) is 10.9 Å². The fourth-order valence-corrected chi connectivity index (χ4v) is 2.91. The van der Waals surface area contributed by atoms with Crippen molar-refractivity contribution in [3.8, 4) is 5.75 Å². The number of halogens is 2. The highest BCUT2D eigenvalue weighted by molar-refractivity contribution is 6.60. The van der Waals surface area contributed by atoms with Gasteiger partial charge < -0.3 is 4.74 Å². The Morgan fingerprint density at radius 3 is 2.27 bits per heavy atom. The Labute approximate surface area is 159 Å². The smallest absolute Gasteiger partial charge is 0.194 e. The van der Waals surface area contributed by atoms with Crippen molar-refractivity contribution in [3.63, 3.8) is 0 Å². The molecule has 2 aromatic carbocycles. The van der Waals surface area contributed by atoms with Crippen LogP contribution in [0.3, 0.4) is 0 Å². The van der Waals surface area contributed by atoms with E-state index in [1.807, 2.05) is 0 Å². The summed E-state index contributed by atoms with van der Waals surface area (Å²) in [5, 5.41) is 0.525. The van der Waals surface area contributed by atoms with Gasteiger partial charge in [0.15, 0.2) is 5.78 Å². The Balaban J connectivity index is 2.32. The van der Waals surface area contributed by atoms with Crippen LogP contribution in [0.1, 0.15) is 15.9 Å². The molecule has 118 valence electrons. The van der Waals surface area contributed by atoms with Gasteiger partial charge in [0, 0.05) is 23.2 Å². The van der Waals surface area contributed by atoms with Crippen molar-refractivity contribution in [1.29, 1.82) is 0 Å². The number of benzene rings is 2. The number of aromatic nitrogens is 1. The van der Waals surface area contributed by atoms with Crippen LogP contribution in [0.2, 0.25) is 5.02 Å². The zero-order valence-corrected chi connectivity index (χ0v) is 14.4. The largest absolute Gasteiger partial charge is 0.497 e. The van der Waals surface area contributed by atoms with Gasteiger partial charge in [0.25, 0.3) is 0 Å². The summed E-state index contributed by atoms with van der Waals surface area (Å²) >= 11 is 6.20. The maximum atomic E-state index is 13.9. The maximum Gasteiger partial charge on any atom is 0.194 e. The Hall–Kier alpha value is -2.20.